The van der Waals surface area contributed by atoms with E-state index in [0.717, 1.165) is 44.6 Å². The molecule has 6 heteroatoms. The number of benzene rings is 1. The van der Waals surface area contributed by atoms with Crippen LogP contribution in [0.25, 0.3) is 0 Å². The van der Waals surface area contributed by atoms with Crippen LogP contribution in [0.4, 0.5) is 4.79 Å². The fraction of sp³-hybridized carbons (Fsp3) is 0.533. The molecule has 0 radical (unpaired) electrons. The number of ether oxygens (including phenoxy) is 2. The lowest BCUT2D eigenvalue weighted by Gasteiger charge is -2.31. The van der Waals surface area contributed by atoms with Crippen LogP contribution in [0.15, 0.2) is 24.3 Å². The standard InChI is InChI=1S/C15H21ClN2O3/c16-12-2-4-13(5-3-12)20-11-1-8-18-9-6-14(7-10-18)21-15(17)19/h2-5,14H,1,6-11H2,(H2,17,19). The van der Waals surface area contributed by atoms with E-state index in [1.54, 1.807) is 0 Å². The maximum Gasteiger partial charge on any atom is 0.404 e. The minimum Gasteiger partial charge on any atom is -0.494 e. The number of piperidine rings is 1. The van der Waals surface area contributed by atoms with E-state index in [1.807, 2.05) is 24.3 Å². The first-order valence-electron chi connectivity index (χ1n) is 7.20. The largest absolute Gasteiger partial charge is 0.494 e. The molecule has 2 N–H and O–H groups in total. The molecule has 21 heavy (non-hydrogen) atoms. The molecule has 1 heterocycles. The Bertz CT molecular complexity index is 445. The Balaban J connectivity index is 1.57. The molecule has 5 nitrogen and oxygen atoms in total. The van der Waals surface area contributed by atoms with Crippen LogP contribution in [-0.2, 0) is 4.74 Å². The van der Waals surface area contributed by atoms with Crippen LogP contribution in [0.1, 0.15) is 19.3 Å². The minimum atomic E-state index is -0.676. The predicted molar refractivity (Wildman–Crippen MR) is 81.7 cm³/mol. The van der Waals surface area contributed by atoms with Crippen molar-refractivity contribution in [3.63, 3.8) is 0 Å². The molecular formula is C15H21ClN2O3. The Morgan fingerprint density at radius 1 is 1.29 bits per heavy atom. The van der Waals surface area contributed by atoms with Crippen molar-refractivity contribution < 1.29 is 14.3 Å². The molecule has 1 aromatic carbocycles. The van der Waals surface area contributed by atoms with Gasteiger partial charge < -0.3 is 20.1 Å². The lowest BCUT2D eigenvalue weighted by molar-refractivity contribution is 0.0549. The van der Waals surface area contributed by atoms with Crippen LogP contribution in [0, 0.1) is 0 Å². The van der Waals surface area contributed by atoms with Gasteiger partial charge in [0.1, 0.15) is 11.9 Å². The van der Waals surface area contributed by atoms with Crippen molar-refractivity contribution >= 4 is 17.7 Å². The first-order chi connectivity index (χ1) is 10.1. The number of halogens is 1. The van der Waals surface area contributed by atoms with Crippen molar-refractivity contribution in [2.45, 2.75) is 25.4 Å². The average Bonchev–Trinajstić information content (AvgIpc) is 2.46. The second-order valence-electron chi connectivity index (χ2n) is 5.13. The highest BCUT2D eigenvalue weighted by atomic mass is 35.5. The summed E-state index contributed by atoms with van der Waals surface area (Å²) in [6, 6.07) is 7.38. The summed E-state index contributed by atoms with van der Waals surface area (Å²) in [4.78, 5) is 13.0. The van der Waals surface area contributed by atoms with Gasteiger partial charge in [-0.15, -0.1) is 0 Å². The zero-order valence-corrected chi connectivity index (χ0v) is 12.7. The summed E-state index contributed by atoms with van der Waals surface area (Å²) in [5.74, 6) is 0.841. The Hall–Kier alpha value is -1.46. The number of hydrogen-bond donors (Lipinski definition) is 1. The maximum absolute atomic E-state index is 10.7. The summed E-state index contributed by atoms with van der Waals surface area (Å²) in [7, 11) is 0. The van der Waals surface area contributed by atoms with Crippen molar-refractivity contribution in [3.8, 4) is 5.75 Å². The van der Waals surface area contributed by atoms with Crippen molar-refractivity contribution in [2.24, 2.45) is 5.73 Å². The van der Waals surface area contributed by atoms with Gasteiger partial charge in [0.2, 0.25) is 0 Å². The third kappa shape index (κ3) is 5.81. The monoisotopic (exact) mass is 312 g/mol. The number of nitrogens with zero attached hydrogens (tertiary/aromatic N) is 1. The van der Waals surface area contributed by atoms with Gasteiger partial charge in [0.15, 0.2) is 0 Å². The third-order valence-electron chi connectivity index (χ3n) is 3.52. The summed E-state index contributed by atoms with van der Waals surface area (Å²) < 4.78 is 10.7. The summed E-state index contributed by atoms with van der Waals surface area (Å²) >= 11 is 5.82. The van der Waals surface area contributed by atoms with Crippen LogP contribution in [0.5, 0.6) is 5.75 Å². The van der Waals surface area contributed by atoms with Gasteiger partial charge in [-0.1, -0.05) is 11.6 Å². The SMILES string of the molecule is NC(=O)OC1CCN(CCCOc2ccc(Cl)cc2)CC1. The van der Waals surface area contributed by atoms with Crippen LogP contribution in [0.2, 0.25) is 5.02 Å². The first kappa shape index (κ1) is 15.9. The van der Waals surface area contributed by atoms with Crippen molar-refractivity contribution in [1.29, 1.82) is 0 Å². The van der Waals surface area contributed by atoms with Crippen LogP contribution in [0.3, 0.4) is 0 Å². The molecule has 0 bridgehead atoms. The lowest BCUT2D eigenvalue weighted by Crippen LogP contribution is -2.39. The third-order valence-corrected chi connectivity index (χ3v) is 3.77. The van der Waals surface area contributed by atoms with E-state index >= 15 is 0 Å². The topological polar surface area (TPSA) is 64.8 Å². The second-order valence-corrected chi connectivity index (χ2v) is 5.57. The Morgan fingerprint density at radius 2 is 1.95 bits per heavy atom. The van der Waals surface area contributed by atoms with Crippen molar-refractivity contribution in [1.82, 2.24) is 4.90 Å². The summed E-state index contributed by atoms with van der Waals surface area (Å²) in [5.41, 5.74) is 5.02. The van der Waals surface area contributed by atoms with Crippen LogP contribution < -0.4 is 10.5 Å². The summed E-state index contributed by atoms with van der Waals surface area (Å²) in [5, 5.41) is 0.711. The van der Waals surface area contributed by atoms with Crippen molar-refractivity contribution in [3.05, 3.63) is 29.3 Å². The number of carbonyl (C=O) groups is 1. The number of primary amides is 1. The Labute approximate surface area is 130 Å². The zero-order chi connectivity index (χ0) is 15.1. The quantitative estimate of drug-likeness (QED) is 0.820. The molecule has 0 saturated carbocycles. The van der Waals surface area contributed by atoms with Gasteiger partial charge in [-0.3, -0.25) is 0 Å². The number of rotatable bonds is 6. The van der Waals surface area contributed by atoms with Crippen LogP contribution in [-0.4, -0.2) is 43.3 Å². The smallest absolute Gasteiger partial charge is 0.404 e. The predicted octanol–water partition coefficient (Wildman–Crippen LogP) is 2.67. The maximum atomic E-state index is 10.7. The molecule has 1 saturated heterocycles. The lowest BCUT2D eigenvalue weighted by atomic mass is 10.1. The van der Waals surface area contributed by atoms with E-state index in [9.17, 15) is 4.79 Å². The molecule has 1 aliphatic rings. The van der Waals surface area contributed by atoms with Gasteiger partial charge >= 0.3 is 6.09 Å². The molecule has 2 rings (SSSR count). The Kier molecular flexibility index (Phi) is 6.14. The number of amides is 1. The molecule has 116 valence electrons. The van der Waals surface area contributed by atoms with Gasteiger partial charge in [0.05, 0.1) is 6.61 Å². The van der Waals surface area contributed by atoms with Crippen molar-refractivity contribution in [2.75, 3.05) is 26.2 Å². The fourth-order valence-electron chi connectivity index (χ4n) is 2.42. The summed E-state index contributed by atoms with van der Waals surface area (Å²) in [6.45, 7) is 3.52. The second kappa shape index (κ2) is 8.10. The molecule has 0 atom stereocenters. The average molecular weight is 313 g/mol. The molecule has 0 aliphatic carbocycles. The fourth-order valence-corrected chi connectivity index (χ4v) is 2.55. The van der Waals surface area contributed by atoms with Gasteiger partial charge in [-0.2, -0.15) is 0 Å². The van der Waals surface area contributed by atoms with Gasteiger partial charge in [0.25, 0.3) is 0 Å². The van der Waals surface area contributed by atoms with E-state index < -0.39 is 6.09 Å². The normalized spacial score (nSPS) is 16.6. The van der Waals surface area contributed by atoms with Gasteiger partial charge in [0, 0.05) is 24.7 Å². The molecule has 1 aliphatic heterocycles. The zero-order valence-electron chi connectivity index (χ0n) is 12.0. The molecule has 1 fully saturated rings. The van der Waals surface area contributed by atoms with E-state index in [4.69, 9.17) is 26.8 Å². The first-order valence-corrected chi connectivity index (χ1v) is 7.58. The molecule has 0 aromatic heterocycles. The van der Waals surface area contributed by atoms with E-state index in [-0.39, 0.29) is 6.10 Å². The number of hydrogen-bond acceptors (Lipinski definition) is 4. The molecular weight excluding hydrogens is 292 g/mol. The number of likely N-dealkylation sites (tertiary alicyclic amines) is 1. The number of carbonyl (C=O) groups excluding carboxylic acids is 1. The van der Waals surface area contributed by atoms with Crippen LogP contribution >= 0.6 is 11.6 Å². The number of nitrogens with two attached hydrogens (primary N) is 1. The highest BCUT2D eigenvalue weighted by Crippen LogP contribution is 2.16. The Morgan fingerprint density at radius 3 is 2.57 bits per heavy atom. The van der Waals surface area contributed by atoms with E-state index in [1.165, 1.54) is 0 Å². The molecule has 1 aromatic rings. The van der Waals surface area contributed by atoms with E-state index in [0.29, 0.717) is 11.6 Å². The highest BCUT2D eigenvalue weighted by molar-refractivity contribution is 6.30. The van der Waals surface area contributed by atoms with E-state index in [2.05, 4.69) is 4.90 Å². The van der Waals surface area contributed by atoms with Gasteiger partial charge in [-0.25, -0.2) is 4.79 Å². The molecule has 1 amide bonds. The molecule has 0 spiro atoms. The molecule has 0 unspecified atom stereocenters. The van der Waals surface area contributed by atoms with Gasteiger partial charge in [-0.05, 0) is 43.5 Å². The summed E-state index contributed by atoms with van der Waals surface area (Å²) in [6.07, 6.45) is 1.96. The highest BCUT2D eigenvalue weighted by Gasteiger charge is 2.20. The minimum absolute atomic E-state index is 0.0240.